The smallest absolute Gasteiger partial charge is 0.414 e. The molecule has 0 aromatic heterocycles. The third-order valence-corrected chi connectivity index (χ3v) is 5.74. The number of benzene rings is 2. The van der Waals surface area contributed by atoms with Gasteiger partial charge in [0.05, 0.1) is 18.3 Å². The summed E-state index contributed by atoms with van der Waals surface area (Å²) in [5.74, 6) is 0.343. The van der Waals surface area contributed by atoms with Gasteiger partial charge in [-0.3, -0.25) is 14.6 Å². The monoisotopic (exact) mass is 452 g/mol. The van der Waals surface area contributed by atoms with E-state index in [-0.39, 0.29) is 31.3 Å². The molecule has 2 saturated heterocycles. The van der Waals surface area contributed by atoms with Gasteiger partial charge in [0.1, 0.15) is 18.5 Å². The molecule has 0 saturated carbocycles. The summed E-state index contributed by atoms with van der Waals surface area (Å²) in [6.45, 7) is 2.52. The van der Waals surface area contributed by atoms with Gasteiger partial charge in [-0.25, -0.2) is 9.59 Å². The van der Waals surface area contributed by atoms with E-state index in [0.717, 1.165) is 5.56 Å². The van der Waals surface area contributed by atoms with Gasteiger partial charge in [0.15, 0.2) is 6.61 Å². The highest BCUT2D eigenvalue weighted by atomic mass is 16.6. The number of rotatable bonds is 6. The van der Waals surface area contributed by atoms with Gasteiger partial charge in [0.2, 0.25) is 0 Å². The Labute approximate surface area is 190 Å². The van der Waals surface area contributed by atoms with Crippen molar-refractivity contribution in [2.45, 2.75) is 18.8 Å². The number of carbonyl (C=O) groups is 3. The minimum absolute atomic E-state index is 0.00531. The van der Waals surface area contributed by atoms with Gasteiger partial charge in [0.25, 0.3) is 5.91 Å². The molecule has 0 radical (unpaired) electrons. The molecule has 3 heterocycles. The summed E-state index contributed by atoms with van der Waals surface area (Å²) in [6.07, 6.45) is -1.15. The van der Waals surface area contributed by atoms with Crippen LogP contribution in [-0.4, -0.2) is 67.9 Å². The molecule has 2 aromatic carbocycles. The van der Waals surface area contributed by atoms with Crippen LogP contribution in [-0.2, 0) is 20.9 Å². The number of anilines is 2. The van der Waals surface area contributed by atoms with Crippen molar-refractivity contribution in [3.05, 3.63) is 54.1 Å². The van der Waals surface area contributed by atoms with Crippen LogP contribution in [0.5, 0.6) is 5.75 Å². The van der Waals surface area contributed by atoms with Crippen molar-refractivity contribution in [2.24, 2.45) is 0 Å². The molecular weight excluding hydrogens is 428 g/mol. The number of hydrogen-bond acceptors (Lipinski definition) is 7. The topological polar surface area (TPSA) is 109 Å². The zero-order chi connectivity index (χ0) is 22.8. The average Bonchev–Trinajstić information content (AvgIpc) is 3.16. The van der Waals surface area contributed by atoms with Crippen LogP contribution in [0.25, 0.3) is 0 Å². The Hall–Kier alpha value is -3.79. The standard InChI is InChI=1S/C23H24N4O6/c28-21-14-31-20-7-6-17(8-19(20)25-21)27-12-18(33-23(27)30)11-26-9-16(10-26)24-22(29)32-13-15-4-2-1-3-5-15/h1-8,16,18H,9-14H2,(H,24,29)(H,25,28)/t18-/m1/s1. The number of likely N-dealkylation sites (tertiary alicyclic amines) is 1. The van der Waals surface area contributed by atoms with Gasteiger partial charge in [-0.15, -0.1) is 0 Å². The average molecular weight is 452 g/mol. The molecular formula is C23H24N4O6. The van der Waals surface area contributed by atoms with Crippen LogP contribution in [0.2, 0.25) is 0 Å². The molecule has 10 nitrogen and oxygen atoms in total. The summed E-state index contributed by atoms with van der Waals surface area (Å²) in [5.41, 5.74) is 2.11. The van der Waals surface area contributed by atoms with Crippen LogP contribution in [0.15, 0.2) is 48.5 Å². The van der Waals surface area contributed by atoms with E-state index in [9.17, 15) is 14.4 Å². The molecule has 0 unspecified atom stereocenters. The van der Waals surface area contributed by atoms with Gasteiger partial charge in [0, 0.05) is 25.3 Å². The van der Waals surface area contributed by atoms with Crippen LogP contribution in [0.3, 0.4) is 0 Å². The lowest BCUT2D eigenvalue weighted by atomic mass is 10.1. The quantitative estimate of drug-likeness (QED) is 0.690. The summed E-state index contributed by atoms with van der Waals surface area (Å²) in [7, 11) is 0. The summed E-state index contributed by atoms with van der Waals surface area (Å²) >= 11 is 0. The normalized spacial score (nSPS) is 20.2. The van der Waals surface area contributed by atoms with E-state index in [1.54, 1.807) is 23.1 Å². The first-order valence-electron chi connectivity index (χ1n) is 10.8. The Morgan fingerprint density at radius 2 is 1.94 bits per heavy atom. The summed E-state index contributed by atoms with van der Waals surface area (Å²) in [6, 6.07) is 14.7. The number of nitrogens with zero attached hydrogens (tertiary/aromatic N) is 2. The van der Waals surface area contributed by atoms with E-state index < -0.39 is 12.2 Å². The fourth-order valence-corrected chi connectivity index (χ4v) is 4.10. The second kappa shape index (κ2) is 8.99. The first kappa shape index (κ1) is 21.1. The van der Waals surface area contributed by atoms with E-state index in [0.29, 0.717) is 43.3 Å². The first-order valence-corrected chi connectivity index (χ1v) is 10.8. The summed E-state index contributed by atoms with van der Waals surface area (Å²) in [4.78, 5) is 39.6. The number of ether oxygens (including phenoxy) is 3. The summed E-state index contributed by atoms with van der Waals surface area (Å²) < 4.78 is 16.1. The fraction of sp³-hybridized carbons (Fsp3) is 0.348. The predicted molar refractivity (Wildman–Crippen MR) is 118 cm³/mol. The first-order chi connectivity index (χ1) is 16.0. The highest BCUT2D eigenvalue weighted by Gasteiger charge is 2.37. The van der Waals surface area contributed by atoms with E-state index >= 15 is 0 Å². The molecule has 33 heavy (non-hydrogen) atoms. The van der Waals surface area contributed by atoms with Gasteiger partial charge in [-0.05, 0) is 23.8 Å². The molecule has 2 fully saturated rings. The Kier molecular flexibility index (Phi) is 5.74. The lowest BCUT2D eigenvalue weighted by Crippen LogP contribution is -2.60. The highest BCUT2D eigenvalue weighted by molar-refractivity contribution is 5.97. The molecule has 0 spiro atoms. The van der Waals surface area contributed by atoms with Crippen LogP contribution >= 0.6 is 0 Å². The van der Waals surface area contributed by atoms with Crippen molar-refractivity contribution in [1.29, 1.82) is 0 Å². The lowest BCUT2D eigenvalue weighted by molar-refractivity contribution is -0.118. The SMILES string of the molecule is O=C1COc2ccc(N3C[C@@H](CN4CC(NC(=O)OCc5ccccc5)C4)OC3=O)cc2N1. The van der Waals surface area contributed by atoms with Gasteiger partial charge in [-0.1, -0.05) is 30.3 Å². The van der Waals surface area contributed by atoms with Gasteiger partial charge < -0.3 is 24.8 Å². The number of alkyl carbamates (subject to hydrolysis) is 1. The van der Waals surface area contributed by atoms with Crippen molar-refractivity contribution < 1.29 is 28.6 Å². The Morgan fingerprint density at radius 1 is 1.12 bits per heavy atom. The molecule has 3 amide bonds. The number of carbonyl (C=O) groups excluding carboxylic acids is 3. The zero-order valence-electron chi connectivity index (χ0n) is 17.9. The zero-order valence-corrected chi connectivity index (χ0v) is 17.9. The van der Waals surface area contributed by atoms with E-state index in [1.165, 1.54) is 0 Å². The summed E-state index contributed by atoms with van der Waals surface area (Å²) in [5, 5.41) is 5.59. The maximum Gasteiger partial charge on any atom is 0.414 e. The maximum absolute atomic E-state index is 12.4. The molecule has 2 aromatic rings. The second-order valence-electron chi connectivity index (χ2n) is 8.26. The van der Waals surface area contributed by atoms with Crippen molar-refractivity contribution >= 4 is 29.5 Å². The Bertz CT molecular complexity index is 1060. The second-order valence-corrected chi connectivity index (χ2v) is 8.26. The Balaban J connectivity index is 1.06. The lowest BCUT2D eigenvalue weighted by Gasteiger charge is -2.39. The molecule has 1 atom stereocenters. The number of amides is 3. The van der Waals surface area contributed by atoms with Crippen LogP contribution < -0.4 is 20.3 Å². The van der Waals surface area contributed by atoms with E-state index in [2.05, 4.69) is 15.5 Å². The molecule has 10 heteroatoms. The minimum atomic E-state index is -0.439. The third kappa shape index (κ3) is 4.85. The molecule has 0 bridgehead atoms. The molecule has 0 aliphatic carbocycles. The Morgan fingerprint density at radius 3 is 2.76 bits per heavy atom. The van der Waals surface area contributed by atoms with Crippen molar-refractivity contribution in [1.82, 2.24) is 10.2 Å². The number of fused-ring (bicyclic) bond motifs is 1. The molecule has 5 rings (SSSR count). The van der Waals surface area contributed by atoms with Crippen molar-refractivity contribution in [3.8, 4) is 5.75 Å². The maximum atomic E-state index is 12.4. The number of nitrogens with one attached hydrogen (secondary N) is 2. The van der Waals surface area contributed by atoms with E-state index in [4.69, 9.17) is 14.2 Å². The fourth-order valence-electron chi connectivity index (χ4n) is 4.10. The van der Waals surface area contributed by atoms with Gasteiger partial charge >= 0.3 is 12.2 Å². The number of hydrogen-bond donors (Lipinski definition) is 2. The molecule has 2 N–H and O–H groups in total. The van der Waals surface area contributed by atoms with E-state index in [1.807, 2.05) is 30.3 Å². The van der Waals surface area contributed by atoms with Crippen LogP contribution in [0.4, 0.5) is 21.0 Å². The molecule has 3 aliphatic rings. The van der Waals surface area contributed by atoms with Crippen molar-refractivity contribution in [3.63, 3.8) is 0 Å². The number of cyclic esters (lactones) is 1. The largest absolute Gasteiger partial charge is 0.482 e. The van der Waals surface area contributed by atoms with Crippen LogP contribution in [0.1, 0.15) is 5.56 Å². The predicted octanol–water partition coefficient (Wildman–Crippen LogP) is 1.95. The van der Waals surface area contributed by atoms with Crippen molar-refractivity contribution in [2.75, 3.05) is 43.0 Å². The highest BCUT2D eigenvalue weighted by Crippen LogP contribution is 2.33. The van der Waals surface area contributed by atoms with Crippen LogP contribution in [0, 0.1) is 0 Å². The third-order valence-electron chi connectivity index (χ3n) is 5.74. The van der Waals surface area contributed by atoms with Gasteiger partial charge in [-0.2, -0.15) is 0 Å². The minimum Gasteiger partial charge on any atom is -0.482 e. The molecule has 3 aliphatic heterocycles. The molecule has 172 valence electrons.